The van der Waals surface area contributed by atoms with E-state index < -0.39 is 25.3 Å². The molecule has 0 saturated carbocycles. The van der Waals surface area contributed by atoms with E-state index in [1.807, 2.05) is 0 Å². The molecule has 6 nitrogen and oxygen atoms in total. The zero-order valence-electron chi connectivity index (χ0n) is 10.1. The lowest BCUT2D eigenvalue weighted by Crippen LogP contribution is -2.45. The monoisotopic (exact) mass is 242 g/mol. The minimum atomic E-state index is -0.564. The molecular formula is C11H18N2O4. The van der Waals surface area contributed by atoms with E-state index in [0.29, 0.717) is 0 Å². The number of aliphatic hydroxyl groups is 2. The van der Waals surface area contributed by atoms with Crippen LogP contribution in [0.3, 0.4) is 0 Å². The summed E-state index contributed by atoms with van der Waals surface area (Å²) < 4.78 is 0. The minimum absolute atomic E-state index is 0.218. The summed E-state index contributed by atoms with van der Waals surface area (Å²) in [6.45, 7) is 8.55. The van der Waals surface area contributed by atoms with Gasteiger partial charge >= 0.3 is 0 Å². The van der Waals surface area contributed by atoms with E-state index in [1.165, 1.54) is 13.8 Å². The maximum absolute atomic E-state index is 11.5. The molecule has 6 heteroatoms. The first-order valence-electron chi connectivity index (χ1n) is 4.96. The highest BCUT2D eigenvalue weighted by Crippen LogP contribution is 2.03. The summed E-state index contributed by atoms with van der Waals surface area (Å²) in [5.74, 6) is -0.971. The first-order chi connectivity index (χ1) is 7.84. The minimum Gasteiger partial charge on any atom is -0.376 e. The summed E-state index contributed by atoms with van der Waals surface area (Å²) in [7, 11) is 0. The highest BCUT2D eigenvalue weighted by molar-refractivity contribution is 5.94. The molecule has 0 aliphatic heterocycles. The van der Waals surface area contributed by atoms with E-state index in [4.69, 9.17) is 10.2 Å². The topological polar surface area (TPSA) is 81.1 Å². The van der Waals surface area contributed by atoms with Crippen molar-refractivity contribution in [3.63, 3.8) is 0 Å². The molecule has 0 atom stereocenters. The SMILES string of the molecule is C=C(C)C(=O)N(CO)CN(CO)C(=O)C(=C)C. The molecular weight excluding hydrogens is 224 g/mol. The summed E-state index contributed by atoms with van der Waals surface area (Å²) in [5.41, 5.74) is 0.472. The summed E-state index contributed by atoms with van der Waals surface area (Å²) >= 11 is 0. The quantitative estimate of drug-likeness (QED) is 0.493. The number of amides is 2. The van der Waals surface area contributed by atoms with Crippen molar-refractivity contribution in [2.24, 2.45) is 0 Å². The van der Waals surface area contributed by atoms with Gasteiger partial charge in [-0.3, -0.25) is 19.4 Å². The standard InChI is InChI=1S/C11H18N2O4/c1-8(2)10(16)12(6-14)5-13(7-15)11(17)9(3)4/h14-15H,1,3,5-7H2,2,4H3. The molecule has 0 aromatic carbocycles. The lowest BCUT2D eigenvalue weighted by atomic mass is 10.3. The van der Waals surface area contributed by atoms with Crippen molar-refractivity contribution in [3.05, 3.63) is 24.3 Å². The van der Waals surface area contributed by atoms with Gasteiger partial charge in [-0.25, -0.2) is 0 Å². The van der Waals surface area contributed by atoms with Gasteiger partial charge in [0.2, 0.25) is 0 Å². The van der Waals surface area contributed by atoms with Crippen LogP contribution in [-0.4, -0.2) is 52.0 Å². The van der Waals surface area contributed by atoms with E-state index in [-0.39, 0.29) is 17.8 Å². The number of hydrogen-bond donors (Lipinski definition) is 2. The molecule has 17 heavy (non-hydrogen) atoms. The van der Waals surface area contributed by atoms with Gasteiger partial charge in [-0.1, -0.05) is 13.2 Å². The second-order valence-electron chi connectivity index (χ2n) is 3.67. The fourth-order valence-corrected chi connectivity index (χ4v) is 1.09. The summed E-state index contributed by atoms with van der Waals surface area (Å²) in [4.78, 5) is 25.1. The first kappa shape index (κ1) is 15.3. The average molecular weight is 242 g/mol. The van der Waals surface area contributed by atoms with Crippen molar-refractivity contribution in [3.8, 4) is 0 Å². The third kappa shape index (κ3) is 4.38. The lowest BCUT2D eigenvalue weighted by Gasteiger charge is -2.28. The van der Waals surface area contributed by atoms with Crippen LogP contribution in [-0.2, 0) is 9.59 Å². The van der Waals surface area contributed by atoms with Crippen molar-refractivity contribution < 1.29 is 19.8 Å². The van der Waals surface area contributed by atoms with Crippen molar-refractivity contribution >= 4 is 11.8 Å². The van der Waals surface area contributed by atoms with E-state index in [0.717, 1.165) is 9.80 Å². The van der Waals surface area contributed by atoms with Gasteiger partial charge in [0, 0.05) is 11.1 Å². The summed E-state index contributed by atoms with van der Waals surface area (Å²) in [6.07, 6.45) is 0. The third-order valence-electron chi connectivity index (χ3n) is 1.99. The van der Waals surface area contributed by atoms with Crippen LogP contribution in [0.1, 0.15) is 13.8 Å². The first-order valence-corrected chi connectivity index (χ1v) is 4.96. The number of aliphatic hydroxyl groups excluding tert-OH is 2. The molecule has 0 aromatic heterocycles. The number of carbonyl (C=O) groups is 2. The Morgan fingerprint density at radius 1 is 0.941 bits per heavy atom. The molecule has 0 saturated heterocycles. The van der Waals surface area contributed by atoms with E-state index in [1.54, 1.807) is 0 Å². The predicted molar refractivity (Wildman–Crippen MR) is 62.4 cm³/mol. The van der Waals surface area contributed by atoms with E-state index in [9.17, 15) is 9.59 Å². The number of rotatable bonds is 6. The van der Waals surface area contributed by atoms with Gasteiger partial charge in [0.25, 0.3) is 11.8 Å². The molecule has 0 aliphatic carbocycles. The molecule has 0 aromatic rings. The second-order valence-corrected chi connectivity index (χ2v) is 3.67. The van der Waals surface area contributed by atoms with Gasteiger partial charge in [-0.05, 0) is 13.8 Å². The van der Waals surface area contributed by atoms with Gasteiger partial charge in [0.1, 0.15) is 20.1 Å². The Hall–Kier alpha value is -1.66. The van der Waals surface area contributed by atoms with Crippen LogP contribution in [0.5, 0.6) is 0 Å². The summed E-state index contributed by atoms with van der Waals surface area (Å²) in [5, 5.41) is 18.1. The molecule has 96 valence electrons. The van der Waals surface area contributed by atoms with Gasteiger partial charge in [-0.15, -0.1) is 0 Å². The van der Waals surface area contributed by atoms with Crippen molar-refractivity contribution in [1.82, 2.24) is 9.80 Å². The molecule has 0 heterocycles. The van der Waals surface area contributed by atoms with Crippen LogP contribution < -0.4 is 0 Å². The molecule has 0 unspecified atom stereocenters. The number of hydrogen-bond acceptors (Lipinski definition) is 4. The maximum Gasteiger partial charge on any atom is 0.252 e. The van der Waals surface area contributed by atoms with Crippen molar-refractivity contribution in [2.75, 3.05) is 20.1 Å². The lowest BCUT2D eigenvalue weighted by molar-refractivity contribution is -0.141. The Morgan fingerprint density at radius 2 is 1.24 bits per heavy atom. The van der Waals surface area contributed by atoms with E-state index in [2.05, 4.69) is 13.2 Å². The fraction of sp³-hybridized carbons (Fsp3) is 0.455. The Kier molecular flexibility index (Phi) is 6.16. The van der Waals surface area contributed by atoms with Gasteiger partial charge in [0.05, 0.1) is 0 Å². The fourth-order valence-electron chi connectivity index (χ4n) is 1.09. The van der Waals surface area contributed by atoms with Crippen LogP contribution in [0, 0.1) is 0 Å². The number of nitrogens with zero attached hydrogens (tertiary/aromatic N) is 2. The molecule has 2 amide bonds. The second kappa shape index (κ2) is 6.82. The normalized spacial score (nSPS) is 9.65. The number of carbonyl (C=O) groups excluding carboxylic acids is 2. The third-order valence-corrected chi connectivity index (χ3v) is 1.99. The molecule has 0 aliphatic rings. The average Bonchev–Trinajstić information content (AvgIpc) is 2.28. The highest BCUT2D eigenvalue weighted by Gasteiger charge is 2.20. The molecule has 2 N–H and O–H groups in total. The van der Waals surface area contributed by atoms with Crippen LogP contribution in [0.15, 0.2) is 24.3 Å². The van der Waals surface area contributed by atoms with Crippen molar-refractivity contribution in [1.29, 1.82) is 0 Å². The molecule has 0 rings (SSSR count). The van der Waals surface area contributed by atoms with Gasteiger partial charge in [0.15, 0.2) is 0 Å². The maximum atomic E-state index is 11.5. The predicted octanol–water partition coefficient (Wildman–Crippen LogP) is -0.347. The van der Waals surface area contributed by atoms with Crippen LogP contribution in [0.4, 0.5) is 0 Å². The van der Waals surface area contributed by atoms with Crippen LogP contribution >= 0.6 is 0 Å². The Morgan fingerprint density at radius 3 is 1.41 bits per heavy atom. The molecule has 0 spiro atoms. The molecule has 0 fully saturated rings. The Balaban J connectivity index is 4.74. The zero-order valence-corrected chi connectivity index (χ0v) is 10.1. The van der Waals surface area contributed by atoms with Gasteiger partial charge < -0.3 is 10.2 Å². The summed E-state index contributed by atoms with van der Waals surface area (Å²) in [6, 6.07) is 0. The Bertz CT molecular complexity index is 306. The van der Waals surface area contributed by atoms with E-state index >= 15 is 0 Å². The largest absolute Gasteiger partial charge is 0.376 e. The Labute approximate surface area is 100 Å². The van der Waals surface area contributed by atoms with Crippen molar-refractivity contribution in [2.45, 2.75) is 13.8 Å². The smallest absolute Gasteiger partial charge is 0.252 e. The highest BCUT2D eigenvalue weighted by atomic mass is 16.3. The molecule has 0 radical (unpaired) electrons. The zero-order chi connectivity index (χ0) is 13.6. The molecule has 0 bridgehead atoms. The van der Waals surface area contributed by atoms with Gasteiger partial charge in [-0.2, -0.15) is 0 Å². The van der Waals surface area contributed by atoms with Crippen LogP contribution in [0.2, 0.25) is 0 Å². The van der Waals surface area contributed by atoms with Crippen LogP contribution in [0.25, 0.3) is 0 Å².